The summed E-state index contributed by atoms with van der Waals surface area (Å²) in [6, 6.07) is 0.161. The van der Waals surface area contributed by atoms with Crippen molar-refractivity contribution in [3.05, 3.63) is 0 Å². The summed E-state index contributed by atoms with van der Waals surface area (Å²) in [5, 5.41) is 3.33. The summed E-state index contributed by atoms with van der Waals surface area (Å²) in [5.74, 6) is 0.281. The predicted octanol–water partition coefficient (Wildman–Crippen LogP) is 1.58. The van der Waals surface area contributed by atoms with E-state index in [1.807, 2.05) is 0 Å². The molecule has 2 aliphatic heterocycles. The Balaban J connectivity index is 1.97. The van der Waals surface area contributed by atoms with Crippen LogP contribution in [-0.4, -0.2) is 44.2 Å². The van der Waals surface area contributed by atoms with E-state index in [0.717, 1.165) is 32.2 Å². The Kier molecular flexibility index (Phi) is 4.34. The van der Waals surface area contributed by atoms with Crippen molar-refractivity contribution in [2.45, 2.75) is 52.0 Å². The molecular weight excluding hydrogens is 248 g/mol. The monoisotopic (exact) mass is 274 g/mol. The first kappa shape index (κ1) is 14.3. The average molecular weight is 274 g/mol. The number of sulfonamides is 1. The topological polar surface area (TPSA) is 49.4 Å². The maximum absolute atomic E-state index is 12.4. The smallest absolute Gasteiger partial charge is 0.215 e. The SMILES string of the molecule is CC1(C)CCCN(S(=O)(=O)CC2CCCCN2)C1. The minimum atomic E-state index is -3.08. The highest BCUT2D eigenvalue weighted by molar-refractivity contribution is 7.89. The summed E-state index contributed by atoms with van der Waals surface area (Å²) < 4.78 is 26.6. The van der Waals surface area contributed by atoms with Gasteiger partial charge in [-0.2, -0.15) is 0 Å². The van der Waals surface area contributed by atoms with Crippen LogP contribution in [0.25, 0.3) is 0 Å². The van der Waals surface area contributed by atoms with Crippen LogP contribution < -0.4 is 5.32 Å². The van der Waals surface area contributed by atoms with Gasteiger partial charge in [-0.15, -0.1) is 0 Å². The lowest BCUT2D eigenvalue weighted by Gasteiger charge is -2.38. The zero-order chi connectivity index (χ0) is 13.2. The zero-order valence-corrected chi connectivity index (χ0v) is 12.4. The van der Waals surface area contributed by atoms with Gasteiger partial charge < -0.3 is 5.32 Å². The molecule has 0 bridgehead atoms. The van der Waals surface area contributed by atoms with Crippen LogP contribution in [0.3, 0.4) is 0 Å². The Morgan fingerprint density at radius 3 is 2.67 bits per heavy atom. The fourth-order valence-electron chi connectivity index (χ4n) is 3.03. The van der Waals surface area contributed by atoms with Gasteiger partial charge in [-0.25, -0.2) is 12.7 Å². The summed E-state index contributed by atoms with van der Waals surface area (Å²) in [5.41, 5.74) is 0.130. The molecule has 0 spiro atoms. The van der Waals surface area contributed by atoms with Crippen molar-refractivity contribution in [3.63, 3.8) is 0 Å². The molecule has 0 aromatic heterocycles. The van der Waals surface area contributed by atoms with E-state index in [-0.39, 0.29) is 17.2 Å². The number of hydrogen-bond donors (Lipinski definition) is 1. The standard InChI is InChI=1S/C13H26N2O2S/c1-13(2)7-5-9-15(11-13)18(16,17)10-12-6-3-4-8-14-12/h12,14H,3-11H2,1-2H3. The molecule has 106 valence electrons. The van der Waals surface area contributed by atoms with E-state index in [9.17, 15) is 8.42 Å². The molecule has 5 heteroatoms. The van der Waals surface area contributed by atoms with Crippen molar-refractivity contribution >= 4 is 10.0 Å². The van der Waals surface area contributed by atoms with Crippen molar-refractivity contribution in [1.82, 2.24) is 9.62 Å². The number of nitrogens with zero attached hydrogens (tertiary/aromatic N) is 1. The van der Waals surface area contributed by atoms with E-state index in [1.54, 1.807) is 4.31 Å². The lowest BCUT2D eigenvalue weighted by molar-refractivity contribution is 0.186. The molecule has 1 N–H and O–H groups in total. The average Bonchev–Trinajstić information content (AvgIpc) is 2.28. The zero-order valence-electron chi connectivity index (χ0n) is 11.6. The minimum Gasteiger partial charge on any atom is -0.313 e. The van der Waals surface area contributed by atoms with Crippen LogP contribution >= 0.6 is 0 Å². The molecule has 2 saturated heterocycles. The highest BCUT2D eigenvalue weighted by Gasteiger charge is 2.34. The molecule has 2 aliphatic rings. The lowest BCUT2D eigenvalue weighted by Crippen LogP contribution is -2.48. The van der Waals surface area contributed by atoms with Gasteiger partial charge in [0.2, 0.25) is 10.0 Å². The molecule has 4 nitrogen and oxygen atoms in total. The summed E-state index contributed by atoms with van der Waals surface area (Å²) in [4.78, 5) is 0. The normalized spacial score (nSPS) is 30.2. The second-order valence-electron chi connectivity index (χ2n) is 6.53. The van der Waals surface area contributed by atoms with Crippen LogP contribution in [0.15, 0.2) is 0 Å². The molecular formula is C13H26N2O2S. The lowest BCUT2D eigenvalue weighted by atomic mass is 9.85. The number of hydrogen-bond acceptors (Lipinski definition) is 3. The molecule has 2 rings (SSSR count). The Morgan fingerprint density at radius 2 is 2.06 bits per heavy atom. The molecule has 0 aliphatic carbocycles. The van der Waals surface area contributed by atoms with Crippen molar-refractivity contribution in [1.29, 1.82) is 0 Å². The second-order valence-corrected chi connectivity index (χ2v) is 8.54. The maximum atomic E-state index is 12.4. The Morgan fingerprint density at radius 1 is 1.28 bits per heavy atom. The van der Waals surface area contributed by atoms with Gasteiger partial charge in [-0.05, 0) is 37.6 Å². The highest BCUT2D eigenvalue weighted by atomic mass is 32.2. The van der Waals surface area contributed by atoms with Crippen LogP contribution in [0.4, 0.5) is 0 Å². The van der Waals surface area contributed by atoms with Crippen molar-refractivity contribution in [2.24, 2.45) is 5.41 Å². The van der Waals surface area contributed by atoms with Gasteiger partial charge in [-0.3, -0.25) is 0 Å². The maximum Gasteiger partial charge on any atom is 0.215 e. The Hall–Kier alpha value is -0.130. The van der Waals surface area contributed by atoms with Crippen molar-refractivity contribution in [2.75, 3.05) is 25.4 Å². The van der Waals surface area contributed by atoms with Gasteiger partial charge >= 0.3 is 0 Å². The minimum absolute atomic E-state index is 0.130. The predicted molar refractivity (Wildman–Crippen MR) is 74.0 cm³/mol. The summed E-state index contributed by atoms with van der Waals surface area (Å²) in [6.45, 7) is 6.67. The van der Waals surface area contributed by atoms with Crippen LogP contribution in [0.5, 0.6) is 0 Å². The van der Waals surface area contributed by atoms with Gasteiger partial charge in [0.25, 0.3) is 0 Å². The van der Waals surface area contributed by atoms with E-state index < -0.39 is 10.0 Å². The quantitative estimate of drug-likeness (QED) is 0.850. The van der Waals surface area contributed by atoms with Crippen LogP contribution in [-0.2, 0) is 10.0 Å². The fraction of sp³-hybridized carbons (Fsp3) is 1.00. The molecule has 0 aromatic carbocycles. The van der Waals surface area contributed by atoms with Crippen molar-refractivity contribution in [3.8, 4) is 0 Å². The Labute approximate surface area is 111 Å². The molecule has 0 aromatic rings. The van der Waals surface area contributed by atoms with Crippen LogP contribution in [0.2, 0.25) is 0 Å². The second kappa shape index (κ2) is 5.47. The fourth-order valence-corrected chi connectivity index (χ4v) is 4.99. The highest BCUT2D eigenvalue weighted by Crippen LogP contribution is 2.30. The third-order valence-electron chi connectivity index (χ3n) is 4.08. The molecule has 2 heterocycles. The third kappa shape index (κ3) is 3.68. The molecule has 1 atom stereocenters. The van der Waals surface area contributed by atoms with Crippen LogP contribution in [0, 0.1) is 5.41 Å². The van der Waals surface area contributed by atoms with E-state index in [1.165, 1.54) is 6.42 Å². The first-order valence-corrected chi connectivity index (χ1v) is 8.71. The van der Waals surface area contributed by atoms with Gasteiger partial charge in [0.05, 0.1) is 5.75 Å². The third-order valence-corrected chi connectivity index (χ3v) is 6.01. The van der Waals surface area contributed by atoms with E-state index in [4.69, 9.17) is 0 Å². The first-order valence-electron chi connectivity index (χ1n) is 7.10. The molecule has 0 radical (unpaired) electrons. The van der Waals surface area contributed by atoms with Gasteiger partial charge in [0.1, 0.15) is 0 Å². The van der Waals surface area contributed by atoms with Gasteiger partial charge in [-0.1, -0.05) is 20.3 Å². The summed E-state index contributed by atoms with van der Waals surface area (Å²) in [7, 11) is -3.08. The largest absolute Gasteiger partial charge is 0.313 e. The van der Waals surface area contributed by atoms with Crippen LogP contribution in [0.1, 0.15) is 46.0 Å². The molecule has 1 unspecified atom stereocenters. The molecule has 2 fully saturated rings. The van der Waals surface area contributed by atoms with Gasteiger partial charge in [0, 0.05) is 19.1 Å². The van der Waals surface area contributed by atoms with E-state index in [0.29, 0.717) is 13.1 Å². The molecule has 0 saturated carbocycles. The molecule has 0 amide bonds. The van der Waals surface area contributed by atoms with Gasteiger partial charge in [0.15, 0.2) is 0 Å². The molecule has 18 heavy (non-hydrogen) atoms. The van der Waals surface area contributed by atoms with Crippen molar-refractivity contribution < 1.29 is 8.42 Å². The summed E-state index contributed by atoms with van der Waals surface area (Å²) >= 11 is 0. The van der Waals surface area contributed by atoms with E-state index in [2.05, 4.69) is 19.2 Å². The number of piperidine rings is 2. The number of rotatable bonds is 3. The number of nitrogens with one attached hydrogen (secondary N) is 1. The first-order chi connectivity index (χ1) is 8.39. The van der Waals surface area contributed by atoms with E-state index >= 15 is 0 Å². The summed E-state index contributed by atoms with van der Waals surface area (Å²) in [6.07, 6.45) is 5.44. The Bertz CT molecular complexity index is 372.